The third kappa shape index (κ3) is 3.18. The molecule has 2 nitrogen and oxygen atoms in total. The molecule has 0 unspecified atom stereocenters. The lowest BCUT2D eigenvalue weighted by atomic mass is 10.0. The summed E-state index contributed by atoms with van der Waals surface area (Å²) in [7, 11) is 0. The van der Waals surface area contributed by atoms with Crippen molar-refractivity contribution in [2.24, 2.45) is 0 Å². The molecule has 0 saturated heterocycles. The highest BCUT2D eigenvalue weighted by molar-refractivity contribution is 7.09. The van der Waals surface area contributed by atoms with Crippen LogP contribution in [0, 0.1) is 13.8 Å². The Hall–Kier alpha value is -1.19. The first-order valence-corrected chi connectivity index (χ1v) is 7.31. The molecule has 3 heteroatoms. The number of nitrogens with zero attached hydrogens (tertiary/aromatic N) is 1. The average Bonchev–Trinajstić information content (AvgIpc) is 2.78. The number of hydrogen-bond donors (Lipinski definition) is 1. The SMILES string of the molecule is CCCNCc1nc(-c2ccc(C)cc2C)cs1. The molecule has 18 heavy (non-hydrogen) atoms. The Morgan fingerprint density at radius 1 is 1.28 bits per heavy atom. The quantitative estimate of drug-likeness (QED) is 0.824. The first-order chi connectivity index (χ1) is 8.70. The Morgan fingerprint density at radius 2 is 2.11 bits per heavy atom. The van der Waals surface area contributed by atoms with Crippen LogP contribution in [0.5, 0.6) is 0 Å². The van der Waals surface area contributed by atoms with E-state index in [2.05, 4.69) is 49.7 Å². The highest BCUT2D eigenvalue weighted by Crippen LogP contribution is 2.25. The first-order valence-electron chi connectivity index (χ1n) is 6.43. The van der Waals surface area contributed by atoms with Crippen LogP contribution in [-0.2, 0) is 6.54 Å². The number of thiazole rings is 1. The van der Waals surface area contributed by atoms with Gasteiger partial charge in [-0.1, -0.05) is 30.7 Å². The second kappa shape index (κ2) is 6.12. The van der Waals surface area contributed by atoms with Crippen LogP contribution in [0.2, 0.25) is 0 Å². The second-order valence-corrected chi connectivity index (χ2v) is 5.56. The third-order valence-electron chi connectivity index (χ3n) is 2.91. The topological polar surface area (TPSA) is 24.9 Å². The van der Waals surface area contributed by atoms with E-state index < -0.39 is 0 Å². The van der Waals surface area contributed by atoms with Crippen molar-refractivity contribution in [2.75, 3.05) is 6.54 Å². The zero-order valence-electron chi connectivity index (χ0n) is 11.3. The summed E-state index contributed by atoms with van der Waals surface area (Å²) in [5.74, 6) is 0. The van der Waals surface area contributed by atoms with E-state index in [0.717, 1.165) is 25.2 Å². The van der Waals surface area contributed by atoms with Gasteiger partial charge in [-0.3, -0.25) is 0 Å². The number of aryl methyl sites for hydroxylation is 2. The zero-order valence-corrected chi connectivity index (χ0v) is 12.1. The number of benzene rings is 1. The molecule has 0 aliphatic carbocycles. The molecule has 0 spiro atoms. The lowest BCUT2D eigenvalue weighted by molar-refractivity contribution is 0.673. The molecule has 1 heterocycles. The van der Waals surface area contributed by atoms with Gasteiger partial charge in [-0.15, -0.1) is 11.3 Å². The van der Waals surface area contributed by atoms with E-state index >= 15 is 0 Å². The van der Waals surface area contributed by atoms with E-state index in [1.807, 2.05) is 0 Å². The smallest absolute Gasteiger partial charge is 0.107 e. The molecule has 0 fully saturated rings. The Balaban J connectivity index is 2.13. The van der Waals surface area contributed by atoms with Gasteiger partial charge in [0.15, 0.2) is 0 Å². The minimum absolute atomic E-state index is 0.878. The summed E-state index contributed by atoms with van der Waals surface area (Å²) in [6, 6.07) is 6.53. The van der Waals surface area contributed by atoms with E-state index in [1.54, 1.807) is 11.3 Å². The van der Waals surface area contributed by atoms with E-state index in [1.165, 1.54) is 21.7 Å². The highest BCUT2D eigenvalue weighted by Gasteiger charge is 2.06. The second-order valence-electron chi connectivity index (χ2n) is 4.62. The fraction of sp³-hybridized carbons (Fsp3) is 0.400. The fourth-order valence-electron chi connectivity index (χ4n) is 1.99. The van der Waals surface area contributed by atoms with Crippen molar-refractivity contribution in [3.05, 3.63) is 39.7 Å². The lowest BCUT2D eigenvalue weighted by Crippen LogP contribution is -2.13. The van der Waals surface area contributed by atoms with Crippen LogP contribution in [0.4, 0.5) is 0 Å². The van der Waals surface area contributed by atoms with Crippen molar-refractivity contribution in [2.45, 2.75) is 33.7 Å². The van der Waals surface area contributed by atoms with Gasteiger partial charge in [0.1, 0.15) is 5.01 Å². The Morgan fingerprint density at radius 3 is 2.83 bits per heavy atom. The van der Waals surface area contributed by atoms with Crippen LogP contribution in [0.15, 0.2) is 23.6 Å². The largest absolute Gasteiger partial charge is 0.310 e. The summed E-state index contributed by atoms with van der Waals surface area (Å²) in [5, 5.41) is 6.71. The number of aromatic nitrogens is 1. The minimum Gasteiger partial charge on any atom is -0.310 e. The molecule has 1 N–H and O–H groups in total. The van der Waals surface area contributed by atoms with E-state index in [0.29, 0.717) is 0 Å². The molecule has 0 bridgehead atoms. The van der Waals surface area contributed by atoms with Gasteiger partial charge in [-0.05, 0) is 32.4 Å². The Bertz CT molecular complexity index is 517. The molecule has 1 aromatic carbocycles. The summed E-state index contributed by atoms with van der Waals surface area (Å²) in [4.78, 5) is 4.70. The van der Waals surface area contributed by atoms with Crippen molar-refractivity contribution in [1.82, 2.24) is 10.3 Å². The van der Waals surface area contributed by atoms with E-state index in [4.69, 9.17) is 4.98 Å². The number of hydrogen-bond acceptors (Lipinski definition) is 3. The van der Waals surface area contributed by atoms with Crippen molar-refractivity contribution >= 4 is 11.3 Å². The van der Waals surface area contributed by atoms with Gasteiger partial charge in [0, 0.05) is 17.5 Å². The zero-order chi connectivity index (χ0) is 13.0. The molecular formula is C15H20N2S. The predicted molar refractivity (Wildman–Crippen MR) is 79.0 cm³/mol. The average molecular weight is 260 g/mol. The summed E-state index contributed by atoms with van der Waals surface area (Å²) < 4.78 is 0. The van der Waals surface area contributed by atoms with Crippen LogP contribution >= 0.6 is 11.3 Å². The van der Waals surface area contributed by atoms with Gasteiger partial charge in [0.05, 0.1) is 5.69 Å². The number of rotatable bonds is 5. The third-order valence-corrected chi connectivity index (χ3v) is 3.76. The maximum atomic E-state index is 4.70. The molecule has 0 amide bonds. The van der Waals surface area contributed by atoms with Crippen LogP contribution in [0.3, 0.4) is 0 Å². The lowest BCUT2D eigenvalue weighted by Gasteiger charge is -2.03. The van der Waals surface area contributed by atoms with Crippen molar-refractivity contribution in [3.8, 4) is 11.3 Å². The van der Waals surface area contributed by atoms with Gasteiger partial charge >= 0.3 is 0 Å². The van der Waals surface area contributed by atoms with Crippen LogP contribution in [0.25, 0.3) is 11.3 Å². The molecular weight excluding hydrogens is 240 g/mol. The maximum absolute atomic E-state index is 4.70. The van der Waals surface area contributed by atoms with Gasteiger partial charge in [0.2, 0.25) is 0 Å². The predicted octanol–water partition coefficient (Wildman–Crippen LogP) is 3.93. The minimum atomic E-state index is 0.878. The monoisotopic (exact) mass is 260 g/mol. The van der Waals surface area contributed by atoms with E-state index in [-0.39, 0.29) is 0 Å². The fourth-order valence-corrected chi connectivity index (χ4v) is 2.75. The van der Waals surface area contributed by atoms with Gasteiger partial charge < -0.3 is 5.32 Å². The molecule has 2 rings (SSSR count). The van der Waals surface area contributed by atoms with Crippen molar-refractivity contribution in [3.63, 3.8) is 0 Å². The molecule has 0 aliphatic rings. The molecule has 96 valence electrons. The molecule has 0 aliphatic heterocycles. The van der Waals surface area contributed by atoms with Crippen molar-refractivity contribution in [1.29, 1.82) is 0 Å². The van der Waals surface area contributed by atoms with Crippen LogP contribution in [-0.4, -0.2) is 11.5 Å². The summed E-state index contributed by atoms with van der Waals surface area (Å²) >= 11 is 1.73. The van der Waals surface area contributed by atoms with Crippen LogP contribution in [0.1, 0.15) is 29.5 Å². The van der Waals surface area contributed by atoms with E-state index in [9.17, 15) is 0 Å². The molecule has 0 atom stereocenters. The molecule has 1 aromatic heterocycles. The molecule has 2 aromatic rings. The summed E-state index contributed by atoms with van der Waals surface area (Å²) in [6.45, 7) is 8.38. The standard InChI is InChI=1S/C15H20N2S/c1-4-7-16-9-15-17-14(10-18-15)13-6-5-11(2)8-12(13)3/h5-6,8,10,16H,4,7,9H2,1-3H3. The van der Waals surface area contributed by atoms with Crippen molar-refractivity contribution < 1.29 is 0 Å². The first kappa shape index (κ1) is 13.2. The highest BCUT2D eigenvalue weighted by atomic mass is 32.1. The summed E-state index contributed by atoms with van der Waals surface area (Å²) in [5.41, 5.74) is 4.95. The Labute approximate surface area is 113 Å². The van der Waals surface area contributed by atoms with Gasteiger partial charge in [-0.2, -0.15) is 0 Å². The molecule has 0 saturated carbocycles. The summed E-state index contributed by atoms with van der Waals surface area (Å²) in [6.07, 6.45) is 1.16. The Kier molecular flexibility index (Phi) is 4.50. The number of nitrogens with one attached hydrogen (secondary N) is 1. The molecule has 0 radical (unpaired) electrons. The van der Waals surface area contributed by atoms with Gasteiger partial charge in [-0.25, -0.2) is 4.98 Å². The van der Waals surface area contributed by atoms with Gasteiger partial charge in [0.25, 0.3) is 0 Å². The maximum Gasteiger partial charge on any atom is 0.107 e. The van der Waals surface area contributed by atoms with Crippen LogP contribution < -0.4 is 5.32 Å². The normalized spacial score (nSPS) is 10.8.